The van der Waals surface area contributed by atoms with Gasteiger partial charge in [0.25, 0.3) is 0 Å². The number of hydrogen-bond donors (Lipinski definition) is 1. The smallest absolute Gasteiger partial charge is 0.155 e. The van der Waals surface area contributed by atoms with Gasteiger partial charge in [-0.2, -0.15) is 0 Å². The third kappa shape index (κ3) is 5.23. The second-order valence-electron chi connectivity index (χ2n) is 9.88. The van der Waals surface area contributed by atoms with Crippen LogP contribution in [-0.2, 0) is 30.3 Å². The van der Waals surface area contributed by atoms with Crippen molar-refractivity contribution in [3.8, 4) is 11.3 Å². The molecule has 1 saturated carbocycles. The Morgan fingerprint density at radius 1 is 1.12 bits per heavy atom. The van der Waals surface area contributed by atoms with Crippen molar-refractivity contribution in [3.05, 3.63) is 65.4 Å². The van der Waals surface area contributed by atoms with E-state index < -0.39 is 0 Å². The van der Waals surface area contributed by atoms with Crippen LogP contribution in [0.4, 0.5) is 0 Å². The molecule has 5 nitrogen and oxygen atoms in total. The third-order valence-corrected chi connectivity index (χ3v) is 6.16. The van der Waals surface area contributed by atoms with E-state index in [9.17, 15) is 4.79 Å². The zero-order chi connectivity index (χ0) is 23.0. The molecule has 2 bridgehead atoms. The maximum atomic E-state index is 10.0. The summed E-state index contributed by atoms with van der Waals surface area (Å²) in [6, 6.07) is 8.55. The molecule has 0 saturated heterocycles. The fourth-order valence-electron chi connectivity index (χ4n) is 4.88. The van der Waals surface area contributed by atoms with E-state index in [0.717, 1.165) is 22.6 Å². The van der Waals surface area contributed by atoms with Crippen LogP contribution in [0.5, 0.6) is 0 Å². The van der Waals surface area contributed by atoms with E-state index in [2.05, 4.69) is 61.2 Å². The molecule has 1 aromatic carbocycles. The van der Waals surface area contributed by atoms with Crippen molar-refractivity contribution in [2.45, 2.75) is 71.1 Å². The molecule has 1 fully saturated rings. The second kappa shape index (κ2) is 9.82. The summed E-state index contributed by atoms with van der Waals surface area (Å²) in [6.07, 6.45) is 10.2. The first-order valence-corrected chi connectivity index (χ1v) is 11.2. The molecule has 33 heavy (non-hydrogen) atoms. The minimum Gasteiger partial charge on any atom is -0.512 e. The summed E-state index contributed by atoms with van der Waals surface area (Å²) in [5, 5.41) is 9.70. The average Bonchev–Trinajstić information content (AvgIpc) is 3.35. The summed E-state index contributed by atoms with van der Waals surface area (Å²) in [6.45, 7) is 9.23. The molecule has 1 radical (unpaired) electrons. The third-order valence-electron chi connectivity index (χ3n) is 6.16. The molecule has 0 spiro atoms. The number of nitrogens with zero attached hydrogens (tertiary/aromatic N) is 3. The van der Waals surface area contributed by atoms with Gasteiger partial charge in [0.15, 0.2) is 5.78 Å². The minimum atomic E-state index is -0.125. The van der Waals surface area contributed by atoms with Crippen LogP contribution >= 0.6 is 0 Å². The minimum absolute atomic E-state index is 0. The van der Waals surface area contributed by atoms with E-state index in [4.69, 9.17) is 10.1 Å². The quantitative estimate of drug-likeness (QED) is 0.210. The number of aliphatic hydroxyl groups is 1. The number of pyridine rings is 1. The summed E-state index contributed by atoms with van der Waals surface area (Å²) < 4.78 is 0. The molecule has 2 aliphatic carbocycles. The normalized spacial score (nSPS) is 18.9. The van der Waals surface area contributed by atoms with Crippen molar-refractivity contribution in [2.24, 2.45) is 0 Å². The molecule has 175 valence electrons. The maximum Gasteiger partial charge on any atom is 0.155 e. The summed E-state index contributed by atoms with van der Waals surface area (Å²) in [7, 11) is 0. The van der Waals surface area contributed by atoms with Crippen LogP contribution in [0.3, 0.4) is 0 Å². The molecule has 1 N–H and O–H groups in total. The number of ketones is 1. The molecular weight excluding hydrogens is 591 g/mol. The predicted octanol–water partition coefficient (Wildman–Crippen LogP) is 6.19. The molecule has 2 atom stereocenters. The first kappa shape index (κ1) is 25.2. The Labute approximate surface area is 209 Å². The van der Waals surface area contributed by atoms with Crippen molar-refractivity contribution >= 4 is 16.7 Å². The van der Waals surface area contributed by atoms with E-state index in [0.29, 0.717) is 11.8 Å². The van der Waals surface area contributed by atoms with E-state index >= 15 is 0 Å². The van der Waals surface area contributed by atoms with Gasteiger partial charge in [0.1, 0.15) is 0 Å². The molecule has 2 unspecified atom stereocenters. The number of benzene rings is 1. The van der Waals surface area contributed by atoms with Crippen LogP contribution in [0.2, 0.25) is 0 Å². The standard InChI is InChI=1S/C22H22N3.C5H8O2.Ir/c1-22(2,3)21-23-11-15(12-24-21)20-19-14-9-8-13(10-14)18(19)16-6-4-5-7-17(16)25-20;1-4(6)3-5(2)7;/h4-7,11,13-14H,8-10H2,1-3H3;3,6H,1-2H3;/q-1;;. The Balaban J connectivity index is 0.000000337. The number of carbonyl (C=O) groups is 1. The molecule has 2 aromatic heterocycles. The van der Waals surface area contributed by atoms with Crippen LogP contribution < -0.4 is 0 Å². The number of aromatic nitrogens is 3. The van der Waals surface area contributed by atoms with E-state index in [1.807, 2.05) is 6.20 Å². The predicted molar refractivity (Wildman–Crippen MR) is 127 cm³/mol. The van der Waals surface area contributed by atoms with Crippen molar-refractivity contribution < 1.29 is 30.0 Å². The number of aliphatic hydroxyl groups excluding tert-OH is 1. The fraction of sp³-hybridized carbons (Fsp3) is 0.407. The van der Waals surface area contributed by atoms with E-state index in [1.165, 1.54) is 55.7 Å². The zero-order valence-electron chi connectivity index (χ0n) is 19.8. The summed E-state index contributed by atoms with van der Waals surface area (Å²) in [5.41, 5.74) is 5.98. The maximum absolute atomic E-state index is 10.0. The molecule has 2 aliphatic rings. The number of fused-ring (bicyclic) bond motifs is 7. The van der Waals surface area contributed by atoms with Gasteiger partial charge in [-0.3, -0.25) is 9.78 Å². The summed E-state index contributed by atoms with van der Waals surface area (Å²) >= 11 is 0. The van der Waals surface area contributed by atoms with Crippen LogP contribution in [-0.4, -0.2) is 25.8 Å². The number of rotatable bonds is 2. The molecule has 0 aliphatic heterocycles. The van der Waals surface area contributed by atoms with Crippen molar-refractivity contribution in [2.75, 3.05) is 0 Å². The Hall–Kier alpha value is -2.43. The average molecular weight is 621 g/mol. The van der Waals surface area contributed by atoms with Gasteiger partial charge in [-0.05, 0) is 73.9 Å². The monoisotopic (exact) mass is 621 g/mol. The Kier molecular flexibility index (Phi) is 7.50. The van der Waals surface area contributed by atoms with Crippen LogP contribution in [0, 0.1) is 6.20 Å². The fourth-order valence-corrected chi connectivity index (χ4v) is 4.88. The Morgan fingerprint density at radius 3 is 2.33 bits per heavy atom. The van der Waals surface area contributed by atoms with Gasteiger partial charge in [0.05, 0.1) is 11.3 Å². The SMILES string of the molecule is CC(=O)C=C(C)O.CC(C)(C)c1n[c-]c(-c2nc3ccccc3c3c2C2CCC3C2)cn1.[Ir]. The van der Waals surface area contributed by atoms with E-state index in [1.54, 1.807) is 0 Å². The molecule has 2 heterocycles. The van der Waals surface area contributed by atoms with Crippen molar-refractivity contribution in [3.63, 3.8) is 0 Å². The largest absolute Gasteiger partial charge is 0.512 e. The van der Waals surface area contributed by atoms with Crippen LogP contribution in [0.25, 0.3) is 22.2 Å². The van der Waals surface area contributed by atoms with Crippen molar-refractivity contribution in [1.29, 1.82) is 0 Å². The van der Waals surface area contributed by atoms with Gasteiger partial charge in [-0.15, -0.1) is 0 Å². The summed E-state index contributed by atoms with van der Waals surface area (Å²) in [4.78, 5) is 24.2. The van der Waals surface area contributed by atoms with Gasteiger partial charge in [0, 0.05) is 37.4 Å². The number of carbonyl (C=O) groups excluding carboxylic acids is 1. The molecular formula is C27H30IrN3O2-. The van der Waals surface area contributed by atoms with Gasteiger partial charge in [-0.1, -0.05) is 56.3 Å². The van der Waals surface area contributed by atoms with Crippen LogP contribution in [0.15, 0.2) is 42.3 Å². The van der Waals surface area contributed by atoms with E-state index in [-0.39, 0.29) is 37.1 Å². The number of allylic oxidation sites excluding steroid dienone is 2. The zero-order valence-corrected chi connectivity index (χ0v) is 22.2. The number of hydrogen-bond acceptors (Lipinski definition) is 5. The first-order chi connectivity index (χ1) is 15.1. The molecule has 5 rings (SSSR count). The van der Waals surface area contributed by atoms with Gasteiger partial charge in [0.2, 0.25) is 0 Å². The van der Waals surface area contributed by atoms with Gasteiger partial charge in [-0.25, -0.2) is 0 Å². The topological polar surface area (TPSA) is 76.0 Å². The Morgan fingerprint density at radius 2 is 1.79 bits per heavy atom. The number of para-hydroxylation sites is 1. The molecule has 6 heteroatoms. The Bertz CT molecular complexity index is 1190. The van der Waals surface area contributed by atoms with Crippen LogP contribution in [0.1, 0.15) is 82.7 Å². The second-order valence-corrected chi connectivity index (χ2v) is 9.88. The van der Waals surface area contributed by atoms with Gasteiger partial charge < -0.3 is 15.1 Å². The summed E-state index contributed by atoms with van der Waals surface area (Å²) in [5.74, 6) is 2.10. The molecule has 0 amide bonds. The van der Waals surface area contributed by atoms with Gasteiger partial charge >= 0.3 is 0 Å². The molecule has 3 aromatic rings. The first-order valence-electron chi connectivity index (χ1n) is 11.2. The van der Waals surface area contributed by atoms with Crippen molar-refractivity contribution in [1.82, 2.24) is 15.0 Å².